The molecule has 2 saturated carbocycles. The Morgan fingerprint density at radius 3 is 2.13 bits per heavy atom. The van der Waals surface area contributed by atoms with Gasteiger partial charge in [0.1, 0.15) is 0 Å². The van der Waals surface area contributed by atoms with Gasteiger partial charge in [-0.25, -0.2) is 0 Å². The maximum Gasteiger partial charge on any atom is 0.0949 e. The molecule has 0 atom stereocenters. The molecule has 0 saturated heterocycles. The van der Waals surface area contributed by atoms with Gasteiger partial charge in [0.05, 0.1) is 6.07 Å². The van der Waals surface area contributed by atoms with E-state index in [1.807, 2.05) is 0 Å². The molecule has 0 spiro atoms. The molecule has 0 heterocycles. The van der Waals surface area contributed by atoms with Gasteiger partial charge in [-0.15, -0.1) is 0 Å². The second-order valence-electron chi connectivity index (χ2n) is 5.02. The molecule has 1 nitrogen and oxygen atoms in total. The number of rotatable bonds is 1. The molecule has 2 aliphatic rings. The minimum atomic E-state index is 0.622. The summed E-state index contributed by atoms with van der Waals surface area (Å²) < 4.78 is 0. The average Bonchev–Trinajstić information content (AvgIpc) is 2.33. The van der Waals surface area contributed by atoms with E-state index < -0.39 is 0 Å². The maximum absolute atomic E-state index is 9.32. The highest BCUT2D eigenvalue weighted by Gasteiger charge is 2.21. The molecule has 0 bridgehead atoms. The Kier molecular flexibility index (Phi) is 3.83. The lowest BCUT2D eigenvalue weighted by molar-refractivity contribution is 0.403. The number of nitrogens with zero attached hydrogens (tertiary/aromatic N) is 1. The summed E-state index contributed by atoms with van der Waals surface area (Å²) in [5.74, 6) is 0.622. The van der Waals surface area contributed by atoms with Crippen LogP contribution in [-0.2, 0) is 0 Å². The van der Waals surface area contributed by atoms with Gasteiger partial charge in [0.2, 0.25) is 0 Å². The zero-order chi connectivity index (χ0) is 10.5. The van der Waals surface area contributed by atoms with Crippen LogP contribution in [0.4, 0.5) is 0 Å². The highest BCUT2D eigenvalue weighted by molar-refractivity contribution is 5.31. The van der Waals surface area contributed by atoms with E-state index in [4.69, 9.17) is 0 Å². The molecule has 2 rings (SSSR count). The second-order valence-corrected chi connectivity index (χ2v) is 5.02. The Hall–Kier alpha value is -0.770. The third-order valence-corrected chi connectivity index (χ3v) is 3.97. The van der Waals surface area contributed by atoms with E-state index in [0.29, 0.717) is 5.92 Å². The molecule has 0 N–H and O–H groups in total. The summed E-state index contributed by atoms with van der Waals surface area (Å²) in [6.45, 7) is 0. The zero-order valence-corrected chi connectivity index (χ0v) is 9.60. The molecule has 0 amide bonds. The minimum Gasteiger partial charge on any atom is -0.193 e. The van der Waals surface area contributed by atoms with Gasteiger partial charge in [0.25, 0.3) is 0 Å². The predicted octanol–water partition coefficient (Wildman–Crippen LogP) is 4.35. The zero-order valence-electron chi connectivity index (χ0n) is 9.60. The smallest absolute Gasteiger partial charge is 0.0949 e. The van der Waals surface area contributed by atoms with Crippen molar-refractivity contribution in [3.63, 3.8) is 0 Å². The van der Waals surface area contributed by atoms with Gasteiger partial charge < -0.3 is 0 Å². The van der Waals surface area contributed by atoms with Crippen molar-refractivity contribution in [2.45, 2.75) is 64.2 Å². The summed E-state index contributed by atoms with van der Waals surface area (Å²) in [6, 6.07) is 2.52. The third kappa shape index (κ3) is 2.62. The van der Waals surface area contributed by atoms with Gasteiger partial charge in [-0.2, -0.15) is 5.26 Å². The van der Waals surface area contributed by atoms with Crippen molar-refractivity contribution in [1.29, 1.82) is 5.26 Å². The second kappa shape index (κ2) is 5.35. The van der Waals surface area contributed by atoms with Crippen molar-refractivity contribution < 1.29 is 0 Å². The van der Waals surface area contributed by atoms with E-state index in [2.05, 4.69) is 6.07 Å². The molecular weight excluding hydrogens is 182 g/mol. The van der Waals surface area contributed by atoms with Gasteiger partial charge in [0.15, 0.2) is 0 Å². The molecule has 0 radical (unpaired) electrons. The molecule has 2 aliphatic carbocycles. The van der Waals surface area contributed by atoms with E-state index >= 15 is 0 Å². The van der Waals surface area contributed by atoms with E-state index in [-0.39, 0.29) is 0 Å². The molecule has 2 fully saturated rings. The van der Waals surface area contributed by atoms with Crippen LogP contribution in [0.1, 0.15) is 64.2 Å². The summed E-state index contributed by atoms with van der Waals surface area (Å²) in [5, 5.41) is 9.32. The number of nitriles is 1. The highest BCUT2D eigenvalue weighted by atomic mass is 14.3. The van der Waals surface area contributed by atoms with Crippen LogP contribution in [0.5, 0.6) is 0 Å². The van der Waals surface area contributed by atoms with E-state index in [9.17, 15) is 5.26 Å². The van der Waals surface area contributed by atoms with Gasteiger partial charge >= 0.3 is 0 Å². The normalized spacial score (nSPS) is 23.5. The Morgan fingerprint density at radius 1 is 0.933 bits per heavy atom. The van der Waals surface area contributed by atoms with Crippen LogP contribution >= 0.6 is 0 Å². The van der Waals surface area contributed by atoms with E-state index in [1.54, 1.807) is 0 Å². The van der Waals surface area contributed by atoms with Crippen LogP contribution < -0.4 is 0 Å². The Labute approximate surface area is 93.2 Å². The van der Waals surface area contributed by atoms with Crippen LogP contribution in [0.3, 0.4) is 0 Å². The first kappa shape index (κ1) is 10.7. The molecule has 0 aliphatic heterocycles. The topological polar surface area (TPSA) is 23.8 Å². The van der Waals surface area contributed by atoms with Crippen LogP contribution in [0, 0.1) is 17.2 Å². The first-order valence-corrected chi connectivity index (χ1v) is 6.54. The van der Waals surface area contributed by atoms with Crippen molar-refractivity contribution >= 4 is 0 Å². The standard InChI is InChI=1S/C14H21N/c15-11-14(12-7-3-1-4-8-12)13-9-5-2-6-10-13/h12H,1-10H2. The SMILES string of the molecule is N#CC(=C1CCCCC1)C1CCCCC1. The van der Waals surface area contributed by atoms with Crippen LogP contribution in [0.25, 0.3) is 0 Å². The van der Waals surface area contributed by atoms with Gasteiger partial charge in [-0.1, -0.05) is 31.3 Å². The molecule has 0 aromatic heterocycles. The Bertz CT molecular complexity index is 268. The minimum absolute atomic E-state index is 0.622. The monoisotopic (exact) mass is 203 g/mol. The fourth-order valence-corrected chi connectivity index (χ4v) is 3.10. The molecule has 0 unspecified atom stereocenters. The molecule has 82 valence electrons. The Morgan fingerprint density at radius 2 is 1.53 bits per heavy atom. The lowest BCUT2D eigenvalue weighted by Crippen LogP contribution is -2.11. The van der Waals surface area contributed by atoms with Crippen molar-refractivity contribution in [3.8, 4) is 6.07 Å². The number of hydrogen-bond acceptors (Lipinski definition) is 1. The molecule has 0 aromatic carbocycles. The summed E-state index contributed by atoms with van der Waals surface area (Å²) in [4.78, 5) is 0. The van der Waals surface area contributed by atoms with Crippen molar-refractivity contribution in [1.82, 2.24) is 0 Å². The first-order valence-electron chi connectivity index (χ1n) is 6.54. The summed E-state index contributed by atoms with van der Waals surface area (Å²) in [5.41, 5.74) is 2.70. The Balaban J connectivity index is 2.10. The summed E-state index contributed by atoms with van der Waals surface area (Å²) in [7, 11) is 0. The van der Waals surface area contributed by atoms with Gasteiger partial charge in [-0.05, 0) is 44.4 Å². The fraction of sp³-hybridized carbons (Fsp3) is 0.786. The van der Waals surface area contributed by atoms with E-state index in [1.165, 1.54) is 75.4 Å². The maximum atomic E-state index is 9.32. The van der Waals surface area contributed by atoms with Crippen LogP contribution in [0.2, 0.25) is 0 Å². The lowest BCUT2D eigenvalue weighted by atomic mass is 9.79. The molecule has 0 aromatic rings. The lowest BCUT2D eigenvalue weighted by Gasteiger charge is -2.25. The third-order valence-electron chi connectivity index (χ3n) is 3.97. The van der Waals surface area contributed by atoms with Crippen molar-refractivity contribution in [3.05, 3.63) is 11.1 Å². The highest BCUT2D eigenvalue weighted by Crippen LogP contribution is 2.35. The first-order chi connectivity index (χ1) is 7.42. The molecule has 1 heteroatoms. The van der Waals surface area contributed by atoms with Gasteiger partial charge in [0, 0.05) is 5.57 Å². The fourth-order valence-electron chi connectivity index (χ4n) is 3.10. The summed E-state index contributed by atoms with van der Waals surface area (Å²) in [6.07, 6.45) is 13.0. The van der Waals surface area contributed by atoms with Gasteiger partial charge in [-0.3, -0.25) is 0 Å². The van der Waals surface area contributed by atoms with Crippen LogP contribution in [0.15, 0.2) is 11.1 Å². The predicted molar refractivity (Wildman–Crippen MR) is 62.3 cm³/mol. The van der Waals surface area contributed by atoms with Crippen molar-refractivity contribution in [2.24, 2.45) is 5.92 Å². The van der Waals surface area contributed by atoms with Crippen molar-refractivity contribution in [2.75, 3.05) is 0 Å². The largest absolute Gasteiger partial charge is 0.193 e. The van der Waals surface area contributed by atoms with E-state index in [0.717, 1.165) is 0 Å². The summed E-state index contributed by atoms with van der Waals surface area (Å²) >= 11 is 0. The quantitative estimate of drug-likeness (QED) is 0.581. The number of allylic oxidation sites excluding steroid dienone is 2. The molecular formula is C14H21N. The molecule has 15 heavy (non-hydrogen) atoms. The average molecular weight is 203 g/mol. The number of hydrogen-bond donors (Lipinski definition) is 0. The van der Waals surface area contributed by atoms with Crippen LogP contribution in [-0.4, -0.2) is 0 Å².